The van der Waals surface area contributed by atoms with Crippen molar-refractivity contribution in [3.8, 4) is 0 Å². The molecule has 0 atom stereocenters. The lowest BCUT2D eigenvalue weighted by molar-refractivity contribution is -0.125. The van der Waals surface area contributed by atoms with E-state index in [4.69, 9.17) is 0 Å². The normalized spacial score (nSPS) is 19.8. The summed E-state index contributed by atoms with van der Waals surface area (Å²) >= 11 is 0. The molecular formula is C19H32N6O3. The summed E-state index contributed by atoms with van der Waals surface area (Å²) in [6.45, 7) is 7.18. The van der Waals surface area contributed by atoms with Gasteiger partial charge in [-0.25, -0.2) is 4.79 Å². The van der Waals surface area contributed by atoms with Crippen molar-refractivity contribution in [3.05, 3.63) is 26.9 Å². The van der Waals surface area contributed by atoms with Crippen molar-refractivity contribution < 1.29 is 4.79 Å². The second-order valence-corrected chi connectivity index (χ2v) is 7.94. The van der Waals surface area contributed by atoms with Gasteiger partial charge in [-0.1, -0.05) is 0 Å². The molecule has 0 bridgehead atoms. The second-order valence-electron chi connectivity index (χ2n) is 7.94. The molecule has 0 aromatic carbocycles. The maximum absolute atomic E-state index is 12.5. The van der Waals surface area contributed by atoms with Crippen molar-refractivity contribution in [1.82, 2.24) is 24.3 Å². The zero-order chi connectivity index (χ0) is 20.3. The molecule has 0 saturated carbocycles. The number of hydrogen-bond donors (Lipinski definition) is 1. The molecule has 0 spiro atoms. The van der Waals surface area contributed by atoms with Crippen molar-refractivity contribution in [2.75, 3.05) is 64.3 Å². The van der Waals surface area contributed by atoms with Crippen molar-refractivity contribution in [1.29, 1.82) is 0 Å². The van der Waals surface area contributed by atoms with Crippen LogP contribution in [0.2, 0.25) is 0 Å². The molecule has 28 heavy (non-hydrogen) atoms. The van der Waals surface area contributed by atoms with Gasteiger partial charge in [0.2, 0.25) is 5.91 Å². The van der Waals surface area contributed by atoms with Gasteiger partial charge in [-0.15, -0.1) is 0 Å². The Kier molecular flexibility index (Phi) is 6.56. The molecule has 1 aromatic rings. The fraction of sp³-hybridized carbons (Fsp3) is 0.737. The highest BCUT2D eigenvalue weighted by Gasteiger charge is 2.26. The van der Waals surface area contributed by atoms with Crippen LogP contribution in [-0.2, 0) is 18.9 Å². The Morgan fingerprint density at radius 1 is 1.00 bits per heavy atom. The molecule has 1 amide bonds. The summed E-state index contributed by atoms with van der Waals surface area (Å²) in [4.78, 5) is 43.3. The van der Waals surface area contributed by atoms with Crippen LogP contribution in [0.3, 0.4) is 0 Å². The van der Waals surface area contributed by atoms with E-state index in [1.807, 2.05) is 4.90 Å². The van der Waals surface area contributed by atoms with Gasteiger partial charge in [0.05, 0.1) is 0 Å². The number of nitrogens with zero attached hydrogens (tertiary/aromatic N) is 5. The monoisotopic (exact) mass is 392 g/mol. The van der Waals surface area contributed by atoms with Crippen LogP contribution < -0.4 is 21.5 Å². The van der Waals surface area contributed by atoms with Crippen LogP contribution in [-0.4, -0.2) is 84.2 Å². The molecule has 3 rings (SSSR count). The molecule has 9 nitrogen and oxygen atoms in total. The summed E-state index contributed by atoms with van der Waals surface area (Å²) in [5.41, 5.74) is -0.631. The number of hydrogen-bond acceptors (Lipinski definition) is 6. The standard InChI is InChI=1S/C19H32N6O3/c1-21-10-12-24(13-11-21)9-6-20-18(27)15-4-7-25(8-5-15)16-14-17(26)23(3)19(28)22(16)2/h14-15H,4-13H2,1-3H3,(H,20,27). The molecule has 2 aliphatic heterocycles. The SMILES string of the molecule is CN1CCN(CCNC(=O)C2CCN(c3cc(=O)n(C)c(=O)n3C)CC2)CC1. The topological polar surface area (TPSA) is 82.8 Å². The Balaban J connectivity index is 1.47. The number of carbonyl (C=O) groups is 1. The lowest BCUT2D eigenvalue weighted by Gasteiger charge is -2.34. The minimum absolute atomic E-state index is 0.00712. The fourth-order valence-corrected chi connectivity index (χ4v) is 3.95. The van der Waals surface area contributed by atoms with Crippen LogP contribution in [0.4, 0.5) is 5.82 Å². The number of piperazine rings is 1. The number of aromatic nitrogens is 2. The van der Waals surface area contributed by atoms with Gasteiger partial charge in [0.1, 0.15) is 5.82 Å². The van der Waals surface area contributed by atoms with Crippen molar-refractivity contribution >= 4 is 11.7 Å². The number of rotatable bonds is 5. The average molecular weight is 393 g/mol. The summed E-state index contributed by atoms with van der Waals surface area (Å²) in [5, 5.41) is 3.08. The van der Waals surface area contributed by atoms with Gasteiger partial charge >= 0.3 is 5.69 Å². The minimum Gasteiger partial charge on any atom is -0.358 e. The van der Waals surface area contributed by atoms with E-state index in [1.54, 1.807) is 7.05 Å². The van der Waals surface area contributed by atoms with Crippen LogP contribution in [0.15, 0.2) is 15.7 Å². The lowest BCUT2D eigenvalue weighted by Crippen LogP contribution is -2.48. The largest absolute Gasteiger partial charge is 0.358 e. The van der Waals surface area contributed by atoms with E-state index in [0.29, 0.717) is 25.5 Å². The van der Waals surface area contributed by atoms with Gasteiger partial charge in [0.15, 0.2) is 0 Å². The average Bonchev–Trinajstić information content (AvgIpc) is 2.70. The first kappa shape index (κ1) is 20.6. The number of piperidine rings is 1. The highest BCUT2D eigenvalue weighted by Crippen LogP contribution is 2.21. The summed E-state index contributed by atoms with van der Waals surface area (Å²) in [7, 11) is 5.29. The molecule has 0 radical (unpaired) electrons. The summed E-state index contributed by atoms with van der Waals surface area (Å²) in [6.07, 6.45) is 1.45. The third-order valence-electron chi connectivity index (χ3n) is 6.01. The number of amides is 1. The maximum Gasteiger partial charge on any atom is 0.332 e. The van der Waals surface area contributed by atoms with E-state index in [0.717, 1.165) is 50.1 Å². The molecule has 9 heteroatoms. The van der Waals surface area contributed by atoms with Crippen molar-refractivity contribution in [3.63, 3.8) is 0 Å². The molecule has 2 saturated heterocycles. The van der Waals surface area contributed by atoms with E-state index in [-0.39, 0.29) is 23.1 Å². The zero-order valence-corrected chi connectivity index (χ0v) is 17.2. The molecule has 1 N–H and O–H groups in total. The number of likely N-dealkylation sites (N-methyl/N-ethyl adjacent to an activating group) is 1. The number of carbonyl (C=O) groups excluding carboxylic acids is 1. The van der Waals surface area contributed by atoms with Crippen LogP contribution in [0.1, 0.15) is 12.8 Å². The van der Waals surface area contributed by atoms with E-state index < -0.39 is 0 Å². The van der Waals surface area contributed by atoms with E-state index in [2.05, 4.69) is 22.2 Å². The molecule has 1 aromatic heterocycles. The van der Waals surface area contributed by atoms with Gasteiger partial charge in [0.25, 0.3) is 5.56 Å². The summed E-state index contributed by atoms with van der Waals surface area (Å²) in [6, 6.07) is 1.50. The molecule has 2 fully saturated rings. The first-order chi connectivity index (χ1) is 13.4. The Bertz CT molecular complexity index is 801. The summed E-state index contributed by atoms with van der Waals surface area (Å²) < 4.78 is 2.60. The Morgan fingerprint density at radius 3 is 2.29 bits per heavy atom. The van der Waals surface area contributed by atoms with Crippen molar-refractivity contribution in [2.24, 2.45) is 20.0 Å². The molecule has 3 heterocycles. The Labute approximate surface area is 165 Å². The lowest BCUT2D eigenvalue weighted by atomic mass is 9.96. The van der Waals surface area contributed by atoms with Crippen LogP contribution in [0.25, 0.3) is 0 Å². The van der Waals surface area contributed by atoms with Gasteiger partial charge in [-0.3, -0.25) is 23.6 Å². The Morgan fingerprint density at radius 2 is 1.64 bits per heavy atom. The number of nitrogens with one attached hydrogen (secondary N) is 1. The number of anilines is 1. The van der Waals surface area contributed by atoms with Gasteiger partial charge in [0, 0.05) is 78.4 Å². The first-order valence-electron chi connectivity index (χ1n) is 10.1. The quantitative estimate of drug-likeness (QED) is 0.668. The molecule has 2 aliphatic rings. The van der Waals surface area contributed by atoms with Gasteiger partial charge in [-0.2, -0.15) is 0 Å². The molecule has 0 unspecified atom stereocenters. The molecular weight excluding hydrogens is 360 g/mol. The second kappa shape index (κ2) is 8.91. The third-order valence-corrected chi connectivity index (χ3v) is 6.01. The van der Waals surface area contributed by atoms with Gasteiger partial charge in [-0.05, 0) is 19.9 Å². The highest BCUT2D eigenvalue weighted by atomic mass is 16.2. The smallest absolute Gasteiger partial charge is 0.332 e. The van der Waals surface area contributed by atoms with Crippen LogP contribution >= 0.6 is 0 Å². The predicted molar refractivity (Wildman–Crippen MR) is 109 cm³/mol. The van der Waals surface area contributed by atoms with E-state index in [1.165, 1.54) is 17.7 Å². The van der Waals surface area contributed by atoms with Gasteiger partial charge < -0.3 is 15.1 Å². The summed E-state index contributed by atoms with van der Waals surface area (Å²) in [5.74, 6) is 0.737. The van der Waals surface area contributed by atoms with E-state index in [9.17, 15) is 14.4 Å². The van der Waals surface area contributed by atoms with Crippen molar-refractivity contribution in [2.45, 2.75) is 12.8 Å². The maximum atomic E-state index is 12.5. The fourth-order valence-electron chi connectivity index (χ4n) is 3.95. The van der Waals surface area contributed by atoms with Crippen LogP contribution in [0.5, 0.6) is 0 Å². The highest BCUT2D eigenvalue weighted by molar-refractivity contribution is 5.78. The zero-order valence-electron chi connectivity index (χ0n) is 17.2. The third kappa shape index (κ3) is 4.64. The first-order valence-corrected chi connectivity index (χ1v) is 10.1. The molecule has 156 valence electrons. The van der Waals surface area contributed by atoms with E-state index >= 15 is 0 Å². The predicted octanol–water partition coefficient (Wildman–Crippen LogP) is -1.34. The molecule has 0 aliphatic carbocycles. The Hall–Kier alpha value is -2.13. The van der Waals surface area contributed by atoms with Crippen LogP contribution in [0, 0.1) is 5.92 Å². The minimum atomic E-state index is -0.328.